The zero-order valence-electron chi connectivity index (χ0n) is 11.6. The fourth-order valence-electron chi connectivity index (χ4n) is 1.86. The lowest BCUT2D eigenvalue weighted by Gasteiger charge is -2.34. The van der Waals surface area contributed by atoms with Crippen LogP contribution >= 0.6 is 11.8 Å². The quantitative estimate of drug-likeness (QED) is 0.623. The van der Waals surface area contributed by atoms with Gasteiger partial charge < -0.3 is 20.6 Å². The molecule has 2 amide bonds. The number of carbonyl (C=O) groups excluding carboxylic acids is 2. The highest BCUT2D eigenvalue weighted by atomic mass is 32.2. The van der Waals surface area contributed by atoms with E-state index in [2.05, 4.69) is 0 Å². The molecular weight excluding hydrogens is 282 g/mol. The Morgan fingerprint density at radius 3 is 2.25 bits per heavy atom. The summed E-state index contributed by atoms with van der Waals surface area (Å²) >= 11 is 1.39. The minimum atomic E-state index is -1.02. The summed E-state index contributed by atoms with van der Waals surface area (Å²) in [6.07, 6.45) is 0.353. The molecule has 3 N–H and O–H groups in total. The van der Waals surface area contributed by atoms with E-state index in [9.17, 15) is 14.4 Å². The van der Waals surface area contributed by atoms with Gasteiger partial charge in [-0.2, -0.15) is 11.8 Å². The van der Waals surface area contributed by atoms with Gasteiger partial charge in [-0.05, 0) is 12.2 Å². The Morgan fingerprint density at radius 2 is 1.75 bits per heavy atom. The van der Waals surface area contributed by atoms with E-state index >= 15 is 0 Å². The van der Waals surface area contributed by atoms with Gasteiger partial charge in [0.25, 0.3) is 0 Å². The largest absolute Gasteiger partial charge is 0.480 e. The fraction of sp³-hybridized carbons (Fsp3) is 0.750. The second-order valence-corrected chi connectivity index (χ2v) is 5.78. The standard InChI is InChI=1S/C12H21N3O4S/c1-9(16)14-3-5-15(6-4-14)11(17)8-20-7-2-10(13)12(18)19/h10H,2-8,13H2,1H3,(H,18,19). The zero-order chi connectivity index (χ0) is 15.1. The van der Waals surface area contributed by atoms with Gasteiger partial charge >= 0.3 is 5.97 Å². The summed E-state index contributed by atoms with van der Waals surface area (Å²) in [6.45, 7) is 3.81. The van der Waals surface area contributed by atoms with Gasteiger partial charge in [-0.3, -0.25) is 14.4 Å². The van der Waals surface area contributed by atoms with Crippen LogP contribution in [0.25, 0.3) is 0 Å². The number of nitrogens with zero attached hydrogens (tertiary/aromatic N) is 2. The molecule has 1 fully saturated rings. The topological polar surface area (TPSA) is 104 Å². The van der Waals surface area contributed by atoms with Crippen LogP contribution in [-0.4, -0.2) is 76.4 Å². The Labute approximate surface area is 122 Å². The lowest BCUT2D eigenvalue weighted by Crippen LogP contribution is -2.50. The van der Waals surface area contributed by atoms with Crippen molar-refractivity contribution in [3.05, 3.63) is 0 Å². The second kappa shape index (κ2) is 8.11. The van der Waals surface area contributed by atoms with Crippen molar-refractivity contribution in [2.24, 2.45) is 5.73 Å². The molecule has 7 nitrogen and oxygen atoms in total. The van der Waals surface area contributed by atoms with E-state index in [1.165, 1.54) is 18.7 Å². The third-order valence-corrected chi connectivity index (χ3v) is 4.17. The fourth-order valence-corrected chi connectivity index (χ4v) is 2.78. The summed E-state index contributed by atoms with van der Waals surface area (Å²) in [6, 6.07) is -0.864. The molecule has 0 radical (unpaired) electrons. The molecule has 8 heteroatoms. The summed E-state index contributed by atoms with van der Waals surface area (Å²) in [5.41, 5.74) is 5.37. The van der Waals surface area contributed by atoms with Crippen LogP contribution in [0.1, 0.15) is 13.3 Å². The lowest BCUT2D eigenvalue weighted by molar-refractivity contribution is -0.138. The molecule has 0 saturated carbocycles. The summed E-state index contributed by atoms with van der Waals surface area (Å²) in [5, 5.41) is 8.62. The Balaban J connectivity index is 2.18. The molecule has 0 aliphatic carbocycles. The Hall–Kier alpha value is -1.28. The van der Waals surface area contributed by atoms with Gasteiger partial charge in [0.05, 0.1) is 5.75 Å². The Kier molecular flexibility index (Phi) is 6.80. The summed E-state index contributed by atoms with van der Waals surface area (Å²) in [7, 11) is 0. The number of piperazine rings is 1. The van der Waals surface area contributed by atoms with Crippen molar-refractivity contribution in [2.75, 3.05) is 37.7 Å². The maximum Gasteiger partial charge on any atom is 0.320 e. The van der Waals surface area contributed by atoms with Gasteiger partial charge in [-0.25, -0.2) is 0 Å². The van der Waals surface area contributed by atoms with Crippen LogP contribution in [-0.2, 0) is 14.4 Å². The average Bonchev–Trinajstić information content (AvgIpc) is 2.43. The number of carboxylic acids is 1. The molecule has 1 rings (SSSR count). The van der Waals surface area contributed by atoms with Crippen molar-refractivity contribution in [1.82, 2.24) is 9.80 Å². The molecule has 114 valence electrons. The Morgan fingerprint density at radius 1 is 1.20 bits per heavy atom. The smallest absolute Gasteiger partial charge is 0.320 e. The molecule has 20 heavy (non-hydrogen) atoms. The molecule has 0 bridgehead atoms. The molecular formula is C12H21N3O4S. The number of amides is 2. The van der Waals surface area contributed by atoms with E-state index in [1.54, 1.807) is 9.80 Å². The van der Waals surface area contributed by atoms with Crippen molar-refractivity contribution >= 4 is 29.5 Å². The molecule has 1 aliphatic heterocycles. The third-order valence-electron chi connectivity index (χ3n) is 3.19. The molecule has 1 atom stereocenters. The van der Waals surface area contributed by atoms with Crippen molar-refractivity contribution in [2.45, 2.75) is 19.4 Å². The highest BCUT2D eigenvalue weighted by Gasteiger charge is 2.22. The van der Waals surface area contributed by atoms with Crippen molar-refractivity contribution in [3.8, 4) is 0 Å². The number of aliphatic carboxylic acids is 1. The van der Waals surface area contributed by atoms with Crippen LogP contribution in [0.3, 0.4) is 0 Å². The molecule has 0 spiro atoms. The molecule has 1 unspecified atom stereocenters. The highest BCUT2D eigenvalue weighted by Crippen LogP contribution is 2.09. The summed E-state index contributed by atoms with van der Waals surface area (Å²) in [5.74, 6) is -0.0764. The third kappa shape index (κ3) is 5.38. The number of carboxylic acid groups (broad SMARTS) is 1. The zero-order valence-corrected chi connectivity index (χ0v) is 12.4. The van der Waals surface area contributed by atoms with Gasteiger partial charge in [-0.1, -0.05) is 0 Å². The van der Waals surface area contributed by atoms with Crippen molar-refractivity contribution in [3.63, 3.8) is 0 Å². The van der Waals surface area contributed by atoms with E-state index in [-0.39, 0.29) is 11.8 Å². The molecule has 1 heterocycles. The first-order valence-electron chi connectivity index (χ1n) is 6.51. The summed E-state index contributed by atoms with van der Waals surface area (Å²) < 4.78 is 0. The van der Waals surface area contributed by atoms with Crippen LogP contribution < -0.4 is 5.73 Å². The van der Waals surface area contributed by atoms with Crippen LogP contribution in [0.15, 0.2) is 0 Å². The predicted molar refractivity (Wildman–Crippen MR) is 76.4 cm³/mol. The highest BCUT2D eigenvalue weighted by molar-refractivity contribution is 7.99. The SMILES string of the molecule is CC(=O)N1CCN(C(=O)CSCCC(N)C(=O)O)CC1. The number of thioether (sulfide) groups is 1. The number of carbonyl (C=O) groups is 3. The number of hydrogen-bond donors (Lipinski definition) is 2. The maximum atomic E-state index is 11.9. The van der Waals surface area contributed by atoms with E-state index in [0.717, 1.165) is 0 Å². The van der Waals surface area contributed by atoms with Gasteiger partial charge in [-0.15, -0.1) is 0 Å². The van der Waals surface area contributed by atoms with E-state index in [4.69, 9.17) is 10.8 Å². The second-order valence-electron chi connectivity index (χ2n) is 4.67. The molecule has 1 aliphatic rings. The molecule has 0 aromatic rings. The number of hydrogen-bond acceptors (Lipinski definition) is 5. The van der Waals surface area contributed by atoms with Crippen molar-refractivity contribution in [1.29, 1.82) is 0 Å². The average molecular weight is 303 g/mol. The van der Waals surface area contributed by atoms with Crippen LogP contribution in [0.5, 0.6) is 0 Å². The van der Waals surface area contributed by atoms with E-state index < -0.39 is 12.0 Å². The van der Waals surface area contributed by atoms with E-state index in [1.807, 2.05) is 0 Å². The maximum absolute atomic E-state index is 11.9. The number of rotatable bonds is 6. The van der Waals surface area contributed by atoms with Crippen LogP contribution in [0.4, 0.5) is 0 Å². The monoisotopic (exact) mass is 303 g/mol. The molecule has 1 saturated heterocycles. The van der Waals surface area contributed by atoms with E-state index in [0.29, 0.717) is 44.1 Å². The molecule has 0 aromatic carbocycles. The van der Waals surface area contributed by atoms with Gasteiger partial charge in [0.1, 0.15) is 6.04 Å². The normalized spacial score (nSPS) is 16.9. The first-order chi connectivity index (χ1) is 9.41. The first-order valence-corrected chi connectivity index (χ1v) is 7.66. The number of nitrogens with two attached hydrogens (primary N) is 1. The van der Waals surface area contributed by atoms with Gasteiger partial charge in [0.2, 0.25) is 11.8 Å². The minimum absolute atomic E-state index is 0.0297. The van der Waals surface area contributed by atoms with Gasteiger partial charge in [0, 0.05) is 33.1 Å². The van der Waals surface area contributed by atoms with Crippen LogP contribution in [0.2, 0.25) is 0 Å². The molecule has 0 aromatic heterocycles. The lowest BCUT2D eigenvalue weighted by atomic mass is 10.2. The minimum Gasteiger partial charge on any atom is -0.480 e. The van der Waals surface area contributed by atoms with Crippen LogP contribution in [0, 0.1) is 0 Å². The Bertz CT molecular complexity index is 370. The van der Waals surface area contributed by atoms with Gasteiger partial charge in [0.15, 0.2) is 0 Å². The van der Waals surface area contributed by atoms with Crippen molar-refractivity contribution < 1.29 is 19.5 Å². The summed E-state index contributed by atoms with van der Waals surface area (Å²) in [4.78, 5) is 37.1. The first kappa shape index (κ1) is 16.8. The predicted octanol–water partition coefficient (Wildman–Crippen LogP) is -0.788.